The Bertz CT molecular complexity index is 120. The average Bonchev–Trinajstić information content (AvgIpc) is 1.88. The first-order valence-corrected chi connectivity index (χ1v) is 3.10. The Morgan fingerprint density at radius 2 is 2.50 bits per heavy atom. The molecule has 0 aliphatic heterocycles. The molecule has 58 valence electrons. The molecule has 0 bridgehead atoms. The molecule has 0 saturated heterocycles. The van der Waals surface area contributed by atoms with Crippen molar-refractivity contribution in [1.82, 2.24) is 0 Å². The van der Waals surface area contributed by atoms with E-state index in [4.69, 9.17) is 9.84 Å². The summed E-state index contributed by atoms with van der Waals surface area (Å²) in [6.07, 6.45) is 1.59. The van der Waals surface area contributed by atoms with E-state index in [1.54, 1.807) is 13.0 Å². The summed E-state index contributed by atoms with van der Waals surface area (Å²) in [4.78, 5) is 10.2. The molecule has 0 aromatic carbocycles. The molecule has 0 radical (unpaired) electrons. The molecule has 1 unspecified atom stereocenters. The second-order valence-corrected chi connectivity index (χ2v) is 2.07. The van der Waals surface area contributed by atoms with E-state index in [1.807, 2.05) is 0 Å². The minimum Gasteiger partial charge on any atom is -0.481 e. The summed E-state index contributed by atoms with van der Waals surface area (Å²) in [6, 6.07) is 0. The molecule has 0 aliphatic carbocycles. The van der Waals surface area contributed by atoms with Crippen LogP contribution in [0.3, 0.4) is 0 Å². The number of carboxylic acids is 1. The molecule has 1 atom stereocenters. The predicted molar refractivity (Wildman–Crippen MR) is 37.8 cm³/mol. The summed E-state index contributed by atoms with van der Waals surface area (Å²) in [7, 11) is 0. The first-order valence-electron chi connectivity index (χ1n) is 3.10. The highest BCUT2D eigenvalue weighted by molar-refractivity contribution is 5.69. The number of rotatable bonds is 5. The van der Waals surface area contributed by atoms with E-state index in [0.29, 0.717) is 6.61 Å². The van der Waals surface area contributed by atoms with Crippen LogP contribution >= 0.6 is 0 Å². The van der Waals surface area contributed by atoms with Gasteiger partial charge in [0.1, 0.15) is 0 Å². The third-order valence-electron chi connectivity index (χ3n) is 1.03. The number of hydrogen-bond acceptors (Lipinski definition) is 2. The van der Waals surface area contributed by atoms with Crippen LogP contribution in [-0.4, -0.2) is 24.3 Å². The Hall–Kier alpha value is -0.830. The lowest BCUT2D eigenvalue weighted by atomic mass is 10.2. The van der Waals surface area contributed by atoms with Gasteiger partial charge < -0.3 is 9.84 Å². The summed E-state index contributed by atoms with van der Waals surface area (Å²) in [5, 5.41) is 8.38. The topological polar surface area (TPSA) is 46.5 Å². The summed E-state index contributed by atoms with van der Waals surface area (Å²) in [6.45, 7) is 5.70. The summed E-state index contributed by atoms with van der Waals surface area (Å²) < 4.78 is 4.91. The lowest BCUT2D eigenvalue weighted by Gasteiger charge is -2.04. The molecule has 0 fully saturated rings. The van der Waals surface area contributed by atoms with Crippen molar-refractivity contribution < 1.29 is 14.6 Å². The first kappa shape index (κ1) is 9.17. The molecule has 10 heavy (non-hydrogen) atoms. The van der Waals surface area contributed by atoms with E-state index in [1.165, 1.54) is 0 Å². The Labute approximate surface area is 60.3 Å². The van der Waals surface area contributed by atoms with Gasteiger partial charge in [-0.25, -0.2) is 0 Å². The van der Waals surface area contributed by atoms with E-state index in [0.717, 1.165) is 0 Å². The molecule has 0 heterocycles. The van der Waals surface area contributed by atoms with Crippen LogP contribution in [0.15, 0.2) is 12.7 Å². The summed E-state index contributed by atoms with van der Waals surface area (Å²) in [5.41, 5.74) is 0. The molecule has 0 rings (SSSR count). The van der Waals surface area contributed by atoms with Gasteiger partial charge in [0.2, 0.25) is 0 Å². The van der Waals surface area contributed by atoms with Gasteiger partial charge in [-0.1, -0.05) is 6.08 Å². The third-order valence-corrected chi connectivity index (χ3v) is 1.03. The Morgan fingerprint density at radius 3 is 2.90 bits per heavy atom. The maximum Gasteiger partial charge on any atom is 0.308 e. The van der Waals surface area contributed by atoms with Gasteiger partial charge in [0.25, 0.3) is 0 Å². The van der Waals surface area contributed by atoms with Gasteiger partial charge in [0.05, 0.1) is 19.1 Å². The largest absolute Gasteiger partial charge is 0.481 e. The SMILES string of the molecule is C=CCOCC(C)C(=O)O. The van der Waals surface area contributed by atoms with Crippen LogP contribution in [0, 0.1) is 5.92 Å². The smallest absolute Gasteiger partial charge is 0.308 e. The molecule has 1 N–H and O–H groups in total. The number of ether oxygens (including phenoxy) is 1. The van der Waals surface area contributed by atoms with Crippen molar-refractivity contribution in [3.8, 4) is 0 Å². The van der Waals surface area contributed by atoms with Crippen LogP contribution in [0.5, 0.6) is 0 Å². The zero-order chi connectivity index (χ0) is 7.98. The Balaban J connectivity index is 3.30. The van der Waals surface area contributed by atoms with Gasteiger partial charge in [0.15, 0.2) is 0 Å². The van der Waals surface area contributed by atoms with E-state index in [-0.39, 0.29) is 6.61 Å². The summed E-state index contributed by atoms with van der Waals surface area (Å²) in [5.74, 6) is -1.26. The molecule has 0 aromatic rings. The number of carbonyl (C=O) groups is 1. The highest BCUT2D eigenvalue weighted by atomic mass is 16.5. The van der Waals surface area contributed by atoms with Crippen LogP contribution in [0.1, 0.15) is 6.92 Å². The fraction of sp³-hybridized carbons (Fsp3) is 0.571. The van der Waals surface area contributed by atoms with Crippen LogP contribution in [0.2, 0.25) is 0 Å². The number of hydrogen-bond donors (Lipinski definition) is 1. The van der Waals surface area contributed by atoms with Gasteiger partial charge in [-0.2, -0.15) is 0 Å². The third kappa shape index (κ3) is 4.09. The van der Waals surface area contributed by atoms with Gasteiger partial charge >= 0.3 is 5.97 Å². The lowest BCUT2D eigenvalue weighted by Crippen LogP contribution is -2.15. The van der Waals surface area contributed by atoms with E-state index >= 15 is 0 Å². The standard InChI is InChI=1S/C7H12O3/c1-3-4-10-5-6(2)7(8)9/h3,6H,1,4-5H2,2H3,(H,8,9). The Kier molecular flexibility index (Phi) is 4.58. The fourth-order valence-electron chi connectivity index (χ4n) is 0.399. The molecular weight excluding hydrogens is 132 g/mol. The second-order valence-electron chi connectivity index (χ2n) is 2.07. The lowest BCUT2D eigenvalue weighted by molar-refractivity contribution is -0.142. The van der Waals surface area contributed by atoms with Gasteiger partial charge in [-0.05, 0) is 6.92 Å². The van der Waals surface area contributed by atoms with Crippen molar-refractivity contribution in [2.24, 2.45) is 5.92 Å². The molecule has 0 spiro atoms. The van der Waals surface area contributed by atoms with E-state index in [2.05, 4.69) is 6.58 Å². The predicted octanol–water partition coefficient (Wildman–Crippen LogP) is 0.910. The summed E-state index contributed by atoms with van der Waals surface area (Å²) >= 11 is 0. The van der Waals surface area contributed by atoms with Crippen LogP contribution in [0.4, 0.5) is 0 Å². The zero-order valence-electron chi connectivity index (χ0n) is 6.04. The van der Waals surface area contributed by atoms with E-state index in [9.17, 15) is 4.79 Å². The van der Waals surface area contributed by atoms with Crippen molar-refractivity contribution in [1.29, 1.82) is 0 Å². The molecule has 0 saturated carbocycles. The van der Waals surface area contributed by atoms with Crippen LogP contribution < -0.4 is 0 Å². The normalized spacial score (nSPS) is 12.5. The van der Waals surface area contributed by atoms with E-state index < -0.39 is 11.9 Å². The van der Waals surface area contributed by atoms with Crippen molar-refractivity contribution in [3.63, 3.8) is 0 Å². The fourth-order valence-corrected chi connectivity index (χ4v) is 0.399. The second kappa shape index (κ2) is 4.99. The molecule has 0 amide bonds. The quantitative estimate of drug-likeness (QED) is 0.461. The van der Waals surface area contributed by atoms with Gasteiger partial charge in [-0.15, -0.1) is 6.58 Å². The molecule has 3 nitrogen and oxygen atoms in total. The first-order chi connectivity index (χ1) is 4.68. The van der Waals surface area contributed by atoms with Gasteiger partial charge in [0, 0.05) is 0 Å². The number of aliphatic carboxylic acids is 1. The molecular formula is C7H12O3. The van der Waals surface area contributed by atoms with Crippen molar-refractivity contribution in [2.75, 3.05) is 13.2 Å². The van der Waals surface area contributed by atoms with Crippen molar-refractivity contribution in [2.45, 2.75) is 6.92 Å². The maximum absolute atomic E-state index is 10.2. The Morgan fingerprint density at radius 1 is 1.90 bits per heavy atom. The number of carboxylic acid groups (broad SMARTS) is 1. The highest BCUT2D eigenvalue weighted by Gasteiger charge is 2.09. The van der Waals surface area contributed by atoms with Crippen LogP contribution in [-0.2, 0) is 9.53 Å². The molecule has 3 heteroatoms. The highest BCUT2D eigenvalue weighted by Crippen LogP contribution is 1.94. The van der Waals surface area contributed by atoms with Crippen molar-refractivity contribution >= 4 is 5.97 Å². The maximum atomic E-state index is 10.2. The minimum absolute atomic E-state index is 0.251. The van der Waals surface area contributed by atoms with Gasteiger partial charge in [-0.3, -0.25) is 4.79 Å². The average molecular weight is 144 g/mol. The zero-order valence-corrected chi connectivity index (χ0v) is 6.04. The van der Waals surface area contributed by atoms with Crippen molar-refractivity contribution in [3.05, 3.63) is 12.7 Å². The minimum atomic E-state index is -0.830. The monoisotopic (exact) mass is 144 g/mol. The molecule has 0 aromatic heterocycles. The molecule has 0 aliphatic rings. The van der Waals surface area contributed by atoms with Crippen LogP contribution in [0.25, 0.3) is 0 Å².